The predicted molar refractivity (Wildman–Crippen MR) is 170 cm³/mol. The van der Waals surface area contributed by atoms with Gasteiger partial charge in [-0.1, -0.05) is 12.1 Å². The van der Waals surface area contributed by atoms with Crippen molar-refractivity contribution in [2.24, 2.45) is 0 Å². The van der Waals surface area contributed by atoms with E-state index in [2.05, 4.69) is 0 Å². The Bertz CT molecular complexity index is 2880. The molecule has 0 fully saturated rings. The van der Waals surface area contributed by atoms with Crippen LogP contribution >= 0.6 is 0 Å². The molecular weight excluding hydrogens is 753 g/mol. The first-order valence-electron chi connectivity index (χ1n) is 14.7. The minimum absolute atomic E-state index is 0.0187. The summed E-state index contributed by atoms with van der Waals surface area (Å²) in [6.07, 6.45) is -16.3. The SMILES string of the molecule is N#CC(C#N)=C1C(c2ccc(C(F)(F)F)c(C#N)c2)=C(C#N)c2c(C#N)c3c(c(C#N)c21)C(C#N)=C(c1ccc(C(F)(F)F)c(C(F)(F)F)c1)C3=C(C#N)C#N. The monoisotopic (exact) mass is 759 g/mol. The largest absolute Gasteiger partial charge is 0.417 e. The van der Waals surface area contributed by atoms with Gasteiger partial charge in [0.25, 0.3) is 0 Å². The number of nitrogens with zero attached hydrogens (tertiary/aromatic N) is 9. The molecule has 0 saturated carbocycles. The maximum atomic E-state index is 14.1. The van der Waals surface area contributed by atoms with E-state index >= 15 is 0 Å². The second-order valence-corrected chi connectivity index (χ2v) is 11.3. The highest BCUT2D eigenvalue weighted by atomic mass is 19.4. The zero-order chi connectivity index (χ0) is 41.7. The van der Waals surface area contributed by atoms with E-state index in [1.54, 1.807) is 24.3 Å². The molecule has 0 bridgehead atoms. The molecule has 0 saturated heterocycles. The van der Waals surface area contributed by atoms with Crippen molar-refractivity contribution in [3.8, 4) is 54.6 Å². The Morgan fingerprint density at radius 3 is 1.11 bits per heavy atom. The van der Waals surface area contributed by atoms with Gasteiger partial charge in [-0.2, -0.15) is 86.9 Å². The number of hydrogen-bond donors (Lipinski definition) is 0. The Hall–Kier alpha value is -8.60. The molecule has 3 aromatic carbocycles. The number of allylic oxidation sites excluding steroid dienone is 8. The van der Waals surface area contributed by atoms with E-state index < -0.39 is 130 Å². The fourth-order valence-corrected chi connectivity index (χ4v) is 6.52. The van der Waals surface area contributed by atoms with Gasteiger partial charge >= 0.3 is 18.5 Å². The van der Waals surface area contributed by atoms with E-state index in [1.165, 1.54) is 30.3 Å². The molecule has 3 aromatic rings. The topological polar surface area (TPSA) is 214 Å². The average molecular weight is 760 g/mol. The predicted octanol–water partition coefficient (Wildman–Crippen LogP) is 8.86. The Kier molecular flexibility index (Phi) is 9.26. The maximum Gasteiger partial charge on any atom is 0.417 e. The molecule has 0 unspecified atom stereocenters. The molecule has 0 atom stereocenters. The van der Waals surface area contributed by atoms with Gasteiger partial charge in [0.15, 0.2) is 0 Å². The molecule has 0 radical (unpaired) electrons. The lowest BCUT2D eigenvalue weighted by atomic mass is 9.82. The van der Waals surface area contributed by atoms with Gasteiger partial charge in [0.2, 0.25) is 0 Å². The third kappa shape index (κ3) is 5.69. The molecule has 0 aliphatic heterocycles. The standard InChI is InChI=1S/C38H6F9N9/c39-36(40,41)25-3-1-16(5-18(25)7-48)28-21(12-53)32-23(14-55)35-31(20(10-51)11-52)29(17-2-4-26(37(42,43)44)27(6-17)38(45,46)47)22(13-54)33(35)24(15-56)34(32)30(28)19(8-49)9-50/h1-6H. The second-order valence-electron chi connectivity index (χ2n) is 11.3. The van der Waals surface area contributed by atoms with Crippen LogP contribution < -0.4 is 0 Å². The summed E-state index contributed by atoms with van der Waals surface area (Å²) in [4.78, 5) is 0. The molecule has 0 amide bonds. The van der Waals surface area contributed by atoms with Gasteiger partial charge < -0.3 is 0 Å². The van der Waals surface area contributed by atoms with Crippen molar-refractivity contribution < 1.29 is 39.5 Å². The number of nitriles is 9. The molecule has 0 spiro atoms. The zero-order valence-electron chi connectivity index (χ0n) is 26.9. The summed E-state index contributed by atoms with van der Waals surface area (Å²) < 4.78 is 125. The smallest absolute Gasteiger partial charge is 0.192 e. The Morgan fingerprint density at radius 1 is 0.411 bits per heavy atom. The van der Waals surface area contributed by atoms with Crippen LogP contribution in [0.5, 0.6) is 0 Å². The molecule has 0 N–H and O–H groups in total. The van der Waals surface area contributed by atoms with Gasteiger partial charge in [0.05, 0.1) is 50.6 Å². The zero-order valence-corrected chi connectivity index (χ0v) is 26.9. The fourth-order valence-electron chi connectivity index (χ4n) is 6.52. The number of benzene rings is 3. The fraction of sp³-hybridized carbons (Fsp3) is 0.0789. The number of hydrogen-bond acceptors (Lipinski definition) is 9. The van der Waals surface area contributed by atoms with Gasteiger partial charge in [-0.3, -0.25) is 0 Å². The first kappa shape index (κ1) is 38.6. The van der Waals surface area contributed by atoms with E-state index in [0.717, 1.165) is 6.07 Å². The number of rotatable bonds is 2. The summed E-state index contributed by atoms with van der Waals surface area (Å²) in [5.74, 6) is 0. The van der Waals surface area contributed by atoms with Crippen LogP contribution in [0.15, 0.2) is 47.5 Å². The molecular formula is C38H6F9N9. The Morgan fingerprint density at radius 2 is 0.786 bits per heavy atom. The molecule has 0 aromatic heterocycles. The minimum Gasteiger partial charge on any atom is -0.192 e. The summed E-state index contributed by atoms with van der Waals surface area (Å²) in [6, 6.07) is 16.2. The molecule has 266 valence electrons. The lowest BCUT2D eigenvalue weighted by molar-refractivity contribution is -0.162. The molecule has 56 heavy (non-hydrogen) atoms. The third-order valence-corrected chi connectivity index (χ3v) is 8.55. The van der Waals surface area contributed by atoms with E-state index in [9.17, 15) is 86.9 Å². The van der Waals surface area contributed by atoms with E-state index in [4.69, 9.17) is 0 Å². The van der Waals surface area contributed by atoms with Gasteiger partial charge in [-0.05, 0) is 35.4 Å². The van der Waals surface area contributed by atoms with Crippen molar-refractivity contribution in [2.75, 3.05) is 0 Å². The van der Waals surface area contributed by atoms with Crippen molar-refractivity contribution in [2.45, 2.75) is 18.5 Å². The van der Waals surface area contributed by atoms with E-state index in [1.807, 2.05) is 0 Å². The number of halogens is 9. The highest BCUT2D eigenvalue weighted by Gasteiger charge is 2.46. The minimum atomic E-state index is -5.68. The number of fused-ring (bicyclic) bond motifs is 2. The molecule has 18 heteroatoms. The van der Waals surface area contributed by atoms with Crippen LogP contribution in [-0.4, -0.2) is 0 Å². The molecule has 9 nitrogen and oxygen atoms in total. The van der Waals surface area contributed by atoms with Gasteiger partial charge in [-0.25, -0.2) is 0 Å². The second kappa shape index (κ2) is 13.4. The highest BCUT2D eigenvalue weighted by Crippen LogP contribution is 2.58. The molecule has 0 heterocycles. The summed E-state index contributed by atoms with van der Waals surface area (Å²) in [5.41, 5.74) is -18.7. The first-order chi connectivity index (χ1) is 26.3. The normalized spacial score (nSPS) is 13.1. The first-order valence-corrected chi connectivity index (χ1v) is 14.7. The maximum absolute atomic E-state index is 14.1. The summed E-state index contributed by atoms with van der Waals surface area (Å²) in [5, 5.41) is 91.9. The summed E-state index contributed by atoms with van der Waals surface area (Å²) >= 11 is 0. The molecule has 5 rings (SSSR count). The van der Waals surface area contributed by atoms with Crippen LogP contribution in [0.4, 0.5) is 39.5 Å². The van der Waals surface area contributed by atoms with Crippen molar-refractivity contribution >= 4 is 33.4 Å². The summed E-state index contributed by atoms with van der Waals surface area (Å²) in [6.45, 7) is 0. The van der Waals surface area contributed by atoms with Gasteiger partial charge in [0.1, 0.15) is 59.7 Å². The third-order valence-electron chi connectivity index (χ3n) is 8.55. The van der Waals surface area contributed by atoms with Crippen LogP contribution in [0.3, 0.4) is 0 Å². The lowest BCUT2D eigenvalue weighted by Crippen LogP contribution is -2.16. The number of alkyl halides is 9. The lowest BCUT2D eigenvalue weighted by Gasteiger charge is -2.18. The quantitative estimate of drug-likeness (QED) is 0.180. The van der Waals surface area contributed by atoms with Gasteiger partial charge in [-0.15, -0.1) is 0 Å². The van der Waals surface area contributed by atoms with Crippen molar-refractivity contribution in [1.29, 1.82) is 47.4 Å². The van der Waals surface area contributed by atoms with Gasteiger partial charge in [0, 0.05) is 44.5 Å². The van der Waals surface area contributed by atoms with Crippen molar-refractivity contribution in [1.82, 2.24) is 0 Å². The highest BCUT2D eigenvalue weighted by molar-refractivity contribution is 6.32. The van der Waals surface area contributed by atoms with Crippen LogP contribution in [0.1, 0.15) is 66.8 Å². The van der Waals surface area contributed by atoms with Crippen LogP contribution in [0.2, 0.25) is 0 Å². The average Bonchev–Trinajstić information content (AvgIpc) is 3.67. The van der Waals surface area contributed by atoms with E-state index in [-0.39, 0.29) is 12.1 Å². The Balaban J connectivity index is 2.07. The van der Waals surface area contributed by atoms with Crippen molar-refractivity contribution in [3.05, 3.63) is 114 Å². The van der Waals surface area contributed by atoms with Crippen LogP contribution in [0, 0.1) is 102 Å². The van der Waals surface area contributed by atoms with E-state index in [0.29, 0.717) is 18.2 Å². The Labute approximate surface area is 307 Å². The summed E-state index contributed by atoms with van der Waals surface area (Å²) in [7, 11) is 0. The molecule has 2 aliphatic rings. The van der Waals surface area contributed by atoms with Crippen molar-refractivity contribution in [3.63, 3.8) is 0 Å². The molecule has 2 aliphatic carbocycles. The van der Waals surface area contributed by atoms with Crippen LogP contribution in [-0.2, 0) is 18.5 Å². The van der Waals surface area contributed by atoms with Crippen LogP contribution in [0.25, 0.3) is 33.4 Å².